The summed E-state index contributed by atoms with van der Waals surface area (Å²) in [6.45, 7) is 3.11. The molecule has 41 heavy (non-hydrogen) atoms. The molecule has 2 aromatic heterocycles. The van der Waals surface area contributed by atoms with Crippen LogP contribution in [-0.2, 0) is 40.0 Å². The number of likely N-dealkylation sites (N-methyl/N-ethyl adjacent to an activating group) is 1. The fourth-order valence-corrected chi connectivity index (χ4v) is 6.10. The molecule has 0 unspecified atom stereocenters. The molecule has 0 radical (unpaired) electrons. The molecule has 0 saturated heterocycles. The average molecular weight is 594 g/mol. The first kappa shape index (κ1) is 27.5. The van der Waals surface area contributed by atoms with Gasteiger partial charge in [-0.25, -0.2) is 9.97 Å². The first-order chi connectivity index (χ1) is 19.7. The highest BCUT2D eigenvalue weighted by molar-refractivity contribution is 6.40. The molecule has 2 aliphatic heterocycles. The van der Waals surface area contributed by atoms with E-state index in [1.165, 1.54) is 0 Å². The van der Waals surface area contributed by atoms with Crippen LogP contribution in [0.3, 0.4) is 0 Å². The van der Waals surface area contributed by atoms with Crippen molar-refractivity contribution in [3.8, 4) is 11.1 Å². The summed E-state index contributed by atoms with van der Waals surface area (Å²) in [5, 5.41) is 9.76. The number of halogens is 2. The molecule has 212 valence electrons. The third-order valence-corrected chi connectivity index (χ3v) is 8.58. The normalized spacial score (nSPS) is 14.9. The summed E-state index contributed by atoms with van der Waals surface area (Å²) in [6, 6.07) is 10.7. The average Bonchev–Trinajstić information content (AvgIpc) is 3.47. The number of rotatable bonds is 5. The number of hydrogen-bond acceptors (Lipinski definition) is 6. The van der Waals surface area contributed by atoms with Gasteiger partial charge < -0.3 is 30.0 Å². The van der Waals surface area contributed by atoms with E-state index in [2.05, 4.69) is 30.8 Å². The van der Waals surface area contributed by atoms with Gasteiger partial charge in [-0.1, -0.05) is 47.5 Å². The summed E-state index contributed by atoms with van der Waals surface area (Å²) in [6.07, 6.45) is 1.65. The van der Waals surface area contributed by atoms with Gasteiger partial charge >= 0.3 is 0 Å². The van der Waals surface area contributed by atoms with E-state index in [1.54, 1.807) is 24.3 Å². The smallest absolute Gasteiger partial charge is 0.291 e. The molecule has 3 N–H and O–H groups in total. The van der Waals surface area contributed by atoms with E-state index in [0.717, 1.165) is 48.7 Å². The molecule has 12 heteroatoms. The van der Waals surface area contributed by atoms with E-state index in [9.17, 15) is 9.59 Å². The number of nitrogens with zero attached hydrogens (tertiary/aromatic N) is 5. The van der Waals surface area contributed by atoms with Gasteiger partial charge in [0.2, 0.25) is 0 Å². The number of amides is 2. The fourth-order valence-electron chi connectivity index (χ4n) is 5.55. The van der Waals surface area contributed by atoms with Crippen molar-refractivity contribution < 1.29 is 9.59 Å². The number of anilines is 2. The van der Waals surface area contributed by atoms with Crippen LogP contribution in [0, 0.1) is 0 Å². The number of imidazole rings is 2. The zero-order valence-corrected chi connectivity index (χ0v) is 24.5. The Morgan fingerprint density at radius 2 is 1.34 bits per heavy atom. The van der Waals surface area contributed by atoms with Crippen LogP contribution in [0.15, 0.2) is 36.4 Å². The molecule has 6 rings (SSSR count). The van der Waals surface area contributed by atoms with Gasteiger partial charge in [-0.15, -0.1) is 0 Å². The molecule has 0 aliphatic carbocycles. The van der Waals surface area contributed by atoms with Crippen LogP contribution in [0.4, 0.5) is 11.4 Å². The second-order valence-corrected chi connectivity index (χ2v) is 11.2. The molecule has 0 saturated carbocycles. The standard InChI is InChI=1S/C29H30Cl2N8O2/c1-37-13-11-23-21(15-37)34-27(39(23)3)29(41)36-19-9-5-7-17(25(19)31)16-6-4-8-18(24(16)30)35-28(40)26-33-20-14-32-12-10-22(20)38(26)2/h4-9,32H,10-15H2,1-3H3,(H,35,40)(H,36,41). The summed E-state index contributed by atoms with van der Waals surface area (Å²) in [5.41, 5.74) is 6.02. The minimum Gasteiger partial charge on any atom is -0.327 e. The predicted octanol–water partition coefficient (Wildman–Crippen LogP) is 4.27. The van der Waals surface area contributed by atoms with Gasteiger partial charge in [-0.05, 0) is 19.2 Å². The second kappa shape index (κ2) is 10.9. The van der Waals surface area contributed by atoms with Gasteiger partial charge in [0.1, 0.15) is 0 Å². The third kappa shape index (κ3) is 5.01. The van der Waals surface area contributed by atoms with Crippen molar-refractivity contribution in [1.29, 1.82) is 0 Å². The van der Waals surface area contributed by atoms with Crippen molar-refractivity contribution >= 4 is 46.4 Å². The second-order valence-electron chi connectivity index (χ2n) is 10.4. The summed E-state index contributed by atoms with van der Waals surface area (Å²) < 4.78 is 3.69. The maximum atomic E-state index is 13.3. The number of hydrogen-bond donors (Lipinski definition) is 3. The van der Waals surface area contributed by atoms with Crippen LogP contribution < -0.4 is 16.0 Å². The molecule has 2 aromatic carbocycles. The van der Waals surface area contributed by atoms with Gasteiger partial charge in [0.15, 0.2) is 11.6 Å². The molecule has 0 fully saturated rings. The third-order valence-electron chi connectivity index (χ3n) is 7.76. The Balaban J connectivity index is 1.25. The van der Waals surface area contributed by atoms with E-state index in [0.29, 0.717) is 57.3 Å². The van der Waals surface area contributed by atoms with Gasteiger partial charge in [-0.2, -0.15) is 0 Å². The Morgan fingerprint density at radius 1 is 0.805 bits per heavy atom. The van der Waals surface area contributed by atoms with Gasteiger partial charge in [0.05, 0.1) is 32.8 Å². The Labute approximate surface area is 247 Å². The molecule has 4 heterocycles. The highest BCUT2D eigenvalue weighted by atomic mass is 35.5. The Bertz CT molecular complexity index is 1690. The SMILES string of the molecule is CN1CCc2c(nc(C(=O)Nc3cccc(-c4cccc(NC(=O)c5nc6c(n5C)CCNC6)c4Cl)c3Cl)n2C)C1. The van der Waals surface area contributed by atoms with Crippen LogP contribution in [-0.4, -0.2) is 56.0 Å². The summed E-state index contributed by atoms with van der Waals surface area (Å²) in [5.74, 6) is -0.0347. The van der Waals surface area contributed by atoms with Crippen LogP contribution >= 0.6 is 23.2 Å². The van der Waals surface area contributed by atoms with Crippen molar-refractivity contribution in [2.75, 3.05) is 30.8 Å². The monoisotopic (exact) mass is 592 g/mol. The maximum Gasteiger partial charge on any atom is 0.291 e. The van der Waals surface area contributed by atoms with Crippen molar-refractivity contribution in [3.05, 3.63) is 80.9 Å². The molecule has 0 bridgehead atoms. The lowest BCUT2D eigenvalue weighted by Crippen LogP contribution is -2.27. The quantitative estimate of drug-likeness (QED) is 0.319. The molecule has 10 nitrogen and oxygen atoms in total. The molecule has 2 amide bonds. The van der Waals surface area contributed by atoms with Gasteiger partial charge in [0.25, 0.3) is 11.8 Å². The lowest BCUT2D eigenvalue weighted by atomic mass is 10.0. The Morgan fingerprint density at radius 3 is 1.90 bits per heavy atom. The highest BCUT2D eigenvalue weighted by Gasteiger charge is 2.26. The van der Waals surface area contributed by atoms with Gasteiger partial charge in [0, 0.05) is 75.6 Å². The largest absolute Gasteiger partial charge is 0.327 e. The number of fused-ring (bicyclic) bond motifs is 2. The maximum absolute atomic E-state index is 13.3. The zero-order valence-electron chi connectivity index (χ0n) is 23.0. The molecular weight excluding hydrogens is 563 g/mol. The molecular formula is C29H30Cl2N8O2. The lowest BCUT2D eigenvalue weighted by Gasteiger charge is -2.21. The number of carbonyl (C=O) groups excluding carboxylic acids is 2. The van der Waals surface area contributed by atoms with E-state index < -0.39 is 0 Å². The van der Waals surface area contributed by atoms with E-state index in [1.807, 2.05) is 42.4 Å². The summed E-state index contributed by atoms with van der Waals surface area (Å²) in [7, 11) is 5.75. The van der Waals surface area contributed by atoms with E-state index in [4.69, 9.17) is 23.2 Å². The number of nitrogens with one attached hydrogen (secondary N) is 3. The first-order valence-electron chi connectivity index (χ1n) is 13.4. The molecule has 0 atom stereocenters. The van der Waals surface area contributed by atoms with Crippen LogP contribution in [0.25, 0.3) is 11.1 Å². The van der Waals surface area contributed by atoms with Crippen molar-refractivity contribution in [3.63, 3.8) is 0 Å². The zero-order chi connectivity index (χ0) is 28.8. The van der Waals surface area contributed by atoms with Crippen LogP contribution in [0.2, 0.25) is 10.0 Å². The molecule has 4 aromatic rings. The summed E-state index contributed by atoms with van der Waals surface area (Å²) >= 11 is 13.6. The van der Waals surface area contributed by atoms with Crippen molar-refractivity contribution in [2.24, 2.45) is 14.1 Å². The van der Waals surface area contributed by atoms with Gasteiger partial charge in [-0.3, -0.25) is 9.59 Å². The Hall–Kier alpha value is -3.70. The topological polar surface area (TPSA) is 109 Å². The first-order valence-corrected chi connectivity index (χ1v) is 14.2. The highest BCUT2D eigenvalue weighted by Crippen LogP contribution is 2.40. The predicted molar refractivity (Wildman–Crippen MR) is 160 cm³/mol. The van der Waals surface area contributed by atoms with E-state index >= 15 is 0 Å². The Kier molecular flexibility index (Phi) is 7.33. The lowest BCUT2D eigenvalue weighted by molar-refractivity contribution is 0.100. The summed E-state index contributed by atoms with van der Waals surface area (Å²) in [4.78, 5) is 37.8. The molecule has 2 aliphatic rings. The molecule has 0 spiro atoms. The fraction of sp³-hybridized carbons (Fsp3) is 0.310. The minimum absolute atomic E-state index is 0.325. The van der Waals surface area contributed by atoms with Crippen molar-refractivity contribution in [1.82, 2.24) is 29.3 Å². The minimum atomic E-state index is -0.350. The number of carbonyl (C=O) groups is 2. The number of aromatic nitrogens is 4. The van der Waals surface area contributed by atoms with Crippen LogP contribution in [0.5, 0.6) is 0 Å². The number of benzene rings is 2. The van der Waals surface area contributed by atoms with E-state index in [-0.39, 0.29) is 11.8 Å². The van der Waals surface area contributed by atoms with Crippen molar-refractivity contribution in [2.45, 2.75) is 25.9 Å². The van der Waals surface area contributed by atoms with Crippen LogP contribution in [0.1, 0.15) is 44.0 Å².